The molecule has 1 aromatic carbocycles. The fourth-order valence-electron chi connectivity index (χ4n) is 4.03. The van der Waals surface area contributed by atoms with E-state index in [1.165, 1.54) is 16.7 Å². The Morgan fingerprint density at radius 2 is 2.07 bits per heavy atom. The summed E-state index contributed by atoms with van der Waals surface area (Å²) in [6.45, 7) is 4.53. The van der Waals surface area contributed by atoms with Crippen LogP contribution in [0.5, 0.6) is 0 Å². The van der Waals surface area contributed by atoms with Crippen LogP contribution in [-0.4, -0.2) is 61.5 Å². The van der Waals surface area contributed by atoms with Crippen LogP contribution >= 0.6 is 0 Å². The minimum absolute atomic E-state index is 0.134. The quantitative estimate of drug-likeness (QED) is 0.541. The van der Waals surface area contributed by atoms with Gasteiger partial charge in [-0.05, 0) is 39.4 Å². The predicted octanol–water partition coefficient (Wildman–Crippen LogP) is 2.66. The zero-order chi connectivity index (χ0) is 21.5. The largest absolute Gasteiger partial charge is 0.373 e. The van der Waals surface area contributed by atoms with Crippen molar-refractivity contribution in [2.75, 3.05) is 40.8 Å². The van der Waals surface area contributed by atoms with Crippen molar-refractivity contribution in [3.8, 4) is 0 Å². The van der Waals surface area contributed by atoms with E-state index in [2.05, 4.69) is 77.1 Å². The Morgan fingerprint density at radius 1 is 1.30 bits per heavy atom. The molecule has 3 rings (SSSR count). The summed E-state index contributed by atoms with van der Waals surface area (Å²) in [5.74, 6) is 1.24. The molecule has 0 radical (unpaired) electrons. The molecule has 0 aliphatic carbocycles. The van der Waals surface area contributed by atoms with E-state index in [1.54, 1.807) is 0 Å². The molecule has 3 atom stereocenters. The molecule has 7 nitrogen and oxygen atoms in total. The van der Waals surface area contributed by atoms with Crippen molar-refractivity contribution in [1.29, 1.82) is 0 Å². The van der Waals surface area contributed by atoms with Crippen LogP contribution < -0.4 is 10.6 Å². The summed E-state index contributed by atoms with van der Waals surface area (Å²) >= 11 is 0. The number of rotatable bonds is 7. The molecule has 0 amide bonds. The third-order valence-electron chi connectivity index (χ3n) is 5.80. The lowest BCUT2D eigenvalue weighted by atomic mass is 9.89. The Balaban J connectivity index is 1.57. The zero-order valence-corrected chi connectivity index (χ0v) is 18.9. The first-order chi connectivity index (χ1) is 14.5. The molecule has 7 heteroatoms. The highest BCUT2D eigenvalue weighted by Crippen LogP contribution is 2.33. The Bertz CT molecular complexity index is 813. The molecule has 2 heterocycles. The van der Waals surface area contributed by atoms with Gasteiger partial charge in [0, 0.05) is 51.5 Å². The van der Waals surface area contributed by atoms with E-state index in [0.717, 1.165) is 38.5 Å². The highest BCUT2D eigenvalue weighted by atomic mass is 16.5. The number of aromatic nitrogens is 2. The third-order valence-corrected chi connectivity index (χ3v) is 5.80. The maximum absolute atomic E-state index is 6.16. The first-order valence-corrected chi connectivity index (χ1v) is 10.8. The van der Waals surface area contributed by atoms with Crippen LogP contribution in [0, 0.1) is 12.8 Å². The van der Waals surface area contributed by atoms with Gasteiger partial charge in [0.15, 0.2) is 5.96 Å². The van der Waals surface area contributed by atoms with Crippen LogP contribution in [0.15, 0.2) is 41.7 Å². The Morgan fingerprint density at radius 3 is 2.70 bits per heavy atom. The second-order valence-corrected chi connectivity index (χ2v) is 8.37. The Hall–Kier alpha value is -2.38. The van der Waals surface area contributed by atoms with Crippen molar-refractivity contribution < 1.29 is 4.74 Å². The summed E-state index contributed by atoms with van der Waals surface area (Å²) in [6, 6.07) is 8.94. The lowest BCUT2D eigenvalue weighted by Crippen LogP contribution is -2.44. The van der Waals surface area contributed by atoms with E-state index in [-0.39, 0.29) is 12.1 Å². The third kappa shape index (κ3) is 5.83. The van der Waals surface area contributed by atoms with Gasteiger partial charge in [0.25, 0.3) is 0 Å². The Kier molecular flexibility index (Phi) is 7.87. The fourth-order valence-corrected chi connectivity index (χ4v) is 4.03. The molecule has 1 aliphatic heterocycles. The average Bonchev–Trinajstić information content (AvgIpc) is 3.17. The molecule has 0 saturated carbocycles. The second kappa shape index (κ2) is 10.6. The number of benzene rings is 1. The van der Waals surface area contributed by atoms with Gasteiger partial charge in [-0.25, -0.2) is 0 Å². The van der Waals surface area contributed by atoms with Crippen molar-refractivity contribution in [3.63, 3.8) is 0 Å². The number of guanidine groups is 1. The van der Waals surface area contributed by atoms with Crippen molar-refractivity contribution in [2.24, 2.45) is 18.0 Å². The molecule has 1 saturated heterocycles. The van der Waals surface area contributed by atoms with Crippen LogP contribution in [0.3, 0.4) is 0 Å². The van der Waals surface area contributed by atoms with Crippen molar-refractivity contribution in [1.82, 2.24) is 25.3 Å². The lowest BCUT2D eigenvalue weighted by Gasteiger charge is -2.33. The molecule has 2 N–H and O–H groups in total. The SMILES string of the molecule is CN=C(NCC1CCCOC1c1ccc(C)cc1)NCC(c1cnn(C)c1)N(C)C. The number of nitrogens with one attached hydrogen (secondary N) is 2. The van der Waals surface area contributed by atoms with Gasteiger partial charge in [0.1, 0.15) is 0 Å². The smallest absolute Gasteiger partial charge is 0.191 e. The first-order valence-electron chi connectivity index (χ1n) is 10.8. The summed E-state index contributed by atoms with van der Waals surface area (Å²) in [5.41, 5.74) is 3.72. The van der Waals surface area contributed by atoms with Crippen molar-refractivity contribution >= 4 is 5.96 Å². The molecule has 1 fully saturated rings. The molecule has 164 valence electrons. The molecule has 1 aromatic heterocycles. The van der Waals surface area contributed by atoms with Gasteiger partial charge in [-0.2, -0.15) is 5.10 Å². The summed E-state index contributed by atoms with van der Waals surface area (Å²) in [6.07, 6.45) is 6.38. The number of aliphatic imine (C=N–C) groups is 1. The topological polar surface area (TPSA) is 66.7 Å². The maximum atomic E-state index is 6.16. The van der Waals surface area contributed by atoms with Crippen molar-refractivity contribution in [3.05, 3.63) is 53.3 Å². The summed E-state index contributed by atoms with van der Waals surface area (Å²) in [7, 11) is 7.93. The molecule has 0 bridgehead atoms. The van der Waals surface area contributed by atoms with Gasteiger partial charge in [0.05, 0.1) is 18.3 Å². The summed E-state index contributed by atoms with van der Waals surface area (Å²) in [4.78, 5) is 6.62. The summed E-state index contributed by atoms with van der Waals surface area (Å²) in [5, 5.41) is 11.3. The number of hydrogen-bond acceptors (Lipinski definition) is 4. The highest BCUT2D eigenvalue weighted by Gasteiger charge is 2.27. The Labute approximate surface area is 180 Å². The van der Waals surface area contributed by atoms with Crippen LogP contribution in [0.1, 0.15) is 41.7 Å². The predicted molar refractivity (Wildman–Crippen MR) is 122 cm³/mol. The van der Waals surface area contributed by atoms with Crippen LogP contribution in [0.4, 0.5) is 0 Å². The number of aryl methyl sites for hydroxylation is 2. The first kappa shape index (κ1) is 22.3. The molecule has 0 spiro atoms. The molecule has 3 unspecified atom stereocenters. The van der Waals surface area contributed by atoms with E-state index >= 15 is 0 Å². The van der Waals surface area contributed by atoms with Gasteiger partial charge in [-0.15, -0.1) is 0 Å². The van der Waals surface area contributed by atoms with E-state index in [9.17, 15) is 0 Å². The average molecular weight is 413 g/mol. The molecule has 1 aliphatic rings. The van der Waals surface area contributed by atoms with Gasteiger partial charge in [-0.3, -0.25) is 9.67 Å². The number of hydrogen-bond donors (Lipinski definition) is 2. The molecule has 30 heavy (non-hydrogen) atoms. The van der Waals surface area contributed by atoms with Crippen LogP contribution in [0.25, 0.3) is 0 Å². The minimum Gasteiger partial charge on any atom is -0.373 e. The maximum Gasteiger partial charge on any atom is 0.191 e. The van der Waals surface area contributed by atoms with Gasteiger partial charge in [-0.1, -0.05) is 29.8 Å². The van der Waals surface area contributed by atoms with Gasteiger partial charge >= 0.3 is 0 Å². The van der Waals surface area contributed by atoms with E-state index in [4.69, 9.17) is 4.74 Å². The number of ether oxygens (including phenoxy) is 1. The summed E-state index contributed by atoms with van der Waals surface area (Å²) < 4.78 is 8.00. The normalized spacial score (nSPS) is 20.9. The number of likely N-dealkylation sites (N-methyl/N-ethyl adjacent to an activating group) is 1. The van der Waals surface area contributed by atoms with E-state index < -0.39 is 0 Å². The number of nitrogens with zero attached hydrogens (tertiary/aromatic N) is 4. The standard InChI is InChI=1S/C23H36N6O/c1-17-8-10-18(11-9-17)22-19(7-6-12-30-22)13-25-23(24-2)26-15-21(28(3)4)20-14-27-29(5)16-20/h8-11,14,16,19,21-22H,6-7,12-13,15H2,1-5H3,(H2,24,25,26). The zero-order valence-electron chi connectivity index (χ0n) is 18.9. The van der Waals surface area contributed by atoms with Crippen molar-refractivity contribution in [2.45, 2.75) is 31.9 Å². The molecule has 2 aromatic rings. The monoisotopic (exact) mass is 412 g/mol. The fraction of sp³-hybridized carbons (Fsp3) is 0.565. The lowest BCUT2D eigenvalue weighted by molar-refractivity contribution is -0.0265. The molecular weight excluding hydrogens is 376 g/mol. The van der Waals surface area contributed by atoms with Gasteiger partial charge in [0.2, 0.25) is 0 Å². The highest BCUT2D eigenvalue weighted by molar-refractivity contribution is 5.79. The molecular formula is C23H36N6O. The van der Waals surface area contributed by atoms with E-state index in [1.807, 2.05) is 25.0 Å². The minimum atomic E-state index is 0.134. The van der Waals surface area contributed by atoms with Crippen LogP contribution in [0.2, 0.25) is 0 Å². The van der Waals surface area contributed by atoms with Gasteiger partial charge < -0.3 is 20.3 Å². The van der Waals surface area contributed by atoms with Crippen LogP contribution in [-0.2, 0) is 11.8 Å². The van der Waals surface area contributed by atoms with E-state index in [0.29, 0.717) is 5.92 Å². The second-order valence-electron chi connectivity index (χ2n) is 8.37.